The number of benzene rings is 1. The molecule has 1 amide bonds. The fourth-order valence-electron chi connectivity index (χ4n) is 3.53. The van der Waals surface area contributed by atoms with Gasteiger partial charge in [-0.25, -0.2) is 4.98 Å². The van der Waals surface area contributed by atoms with Gasteiger partial charge in [0, 0.05) is 43.4 Å². The summed E-state index contributed by atoms with van der Waals surface area (Å²) in [6.07, 6.45) is 0.669. The van der Waals surface area contributed by atoms with Crippen molar-refractivity contribution in [1.82, 2.24) is 14.9 Å². The first-order chi connectivity index (χ1) is 14.0. The fraction of sp³-hybridized carbons (Fsp3) is 0.500. The van der Waals surface area contributed by atoms with Gasteiger partial charge in [0.2, 0.25) is 11.9 Å². The molecule has 1 aliphatic rings. The molecule has 2 aromatic rings. The first-order valence-electron chi connectivity index (χ1n) is 10.2. The van der Waals surface area contributed by atoms with Crippen LogP contribution in [-0.4, -0.2) is 53.1 Å². The number of H-pyrrole nitrogens is 1. The van der Waals surface area contributed by atoms with Crippen LogP contribution in [0.15, 0.2) is 35.1 Å². The third kappa shape index (κ3) is 5.44. The van der Waals surface area contributed by atoms with Gasteiger partial charge in [-0.2, -0.15) is 0 Å². The first-order valence-corrected chi connectivity index (χ1v) is 10.2. The second-order valence-electron chi connectivity index (χ2n) is 7.65. The molecular weight excluding hydrogens is 368 g/mol. The van der Waals surface area contributed by atoms with Crippen molar-refractivity contribution in [2.75, 3.05) is 31.2 Å². The van der Waals surface area contributed by atoms with Crippen molar-refractivity contribution in [2.24, 2.45) is 0 Å². The van der Waals surface area contributed by atoms with Crippen molar-refractivity contribution in [3.8, 4) is 0 Å². The van der Waals surface area contributed by atoms with E-state index < -0.39 is 0 Å². The Morgan fingerprint density at radius 1 is 1.24 bits per heavy atom. The van der Waals surface area contributed by atoms with E-state index >= 15 is 0 Å². The number of ether oxygens (including phenoxy) is 1. The molecule has 3 rings (SSSR count). The van der Waals surface area contributed by atoms with Crippen molar-refractivity contribution < 1.29 is 9.53 Å². The Morgan fingerprint density at radius 3 is 2.55 bits per heavy atom. The predicted molar refractivity (Wildman–Crippen MR) is 113 cm³/mol. The minimum Gasteiger partial charge on any atom is -0.378 e. The Balaban J connectivity index is 1.67. The highest BCUT2D eigenvalue weighted by molar-refractivity contribution is 5.76. The van der Waals surface area contributed by atoms with Gasteiger partial charge in [0.05, 0.1) is 13.2 Å². The lowest BCUT2D eigenvalue weighted by Crippen LogP contribution is -2.39. The molecule has 0 unspecified atom stereocenters. The highest BCUT2D eigenvalue weighted by Gasteiger charge is 2.20. The quantitative estimate of drug-likeness (QED) is 0.774. The first kappa shape index (κ1) is 21.0. The van der Waals surface area contributed by atoms with Gasteiger partial charge in [0.1, 0.15) is 0 Å². The van der Waals surface area contributed by atoms with E-state index in [0.717, 1.165) is 5.56 Å². The summed E-state index contributed by atoms with van der Waals surface area (Å²) in [5, 5.41) is 0. The van der Waals surface area contributed by atoms with Crippen molar-refractivity contribution in [1.29, 1.82) is 0 Å². The van der Waals surface area contributed by atoms with Gasteiger partial charge >= 0.3 is 0 Å². The summed E-state index contributed by atoms with van der Waals surface area (Å²) < 4.78 is 5.35. The van der Waals surface area contributed by atoms with E-state index in [-0.39, 0.29) is 23.9 Å². The summed E-state index contributed by atoms with van der Waals surface area (Å²) in [6.45, 7) is 9.11. The summed E-state index contributed by atoms with van der Waals surface area (Å²) in [4.78, 5) is 36.8. The molecule has 1 N–H and O–H groups in total. The maximum Gasteiger partial charge on any atom is 0.255 e. The predicted octanol–water partition coefficient (Wildman–Crippen LogP) is 2.28. The number of rotatable bonds is 7. The average molecular weight is 399 g/mol. The minimum atomic E-state index is -0.161. The van der Waals surface area contributed by atoms with Gasteiger partial charge in [-0.05, 0) is 32.8 Å². The summed E-state index contributed by atoms with van der Waals surface area (Å²) in [7, 11) is 0. The molecule has 1 saturated heterocycles. The van der Waals surface area contributed by atoms with Crippen LogP contribution in [0.2, 0.25) is 0 Å². The second-order valence-corrected chi connectivity index (χ2v) is 7.65. The van der Waals surface area contributed by atoms with E-state index in [4.69, 9.17) is 4.74 Å². The number of amides is 1. The summed E-state index contributed by atoms with van der Waals surface area (Å²) >= 11 is 0. The lowest BCUT2D eigenvalue weighted by molar-refractivity contribution is -0.133. The Kier molecular flexibility index (Phi) is 7.04. The molecule has 1 aromatic heterocycles. The normalized spacial score (nSPS) is 14.3. The van der Waals surface area contributed by atoms with E-state index in [2.05, 4.69) is 9.97 Å². The van der Waals surface area contributed by atoms with E-state index in [1.807, 2.05) is 60.9 Å². The van der Waals surface area contributed by atoms with Gasteiger partial charge < -0.3 is 14.5 Å². The molecule has 0 spiro atoms. The lowest BCUT2D eigenvalue weighted by atomic mass is 10.1. The lowest BCUT2D eigenvalue weighted by Gasteiger charge is -2.28. The highest BCUT2D eigenvalue weighted by atomic mass is 16.5. The number of aryl methyl sites for hydroxylation is 1. The molecule has 0 atom stereocenters. The number of hydrogen-bond donors (Lipinski definition) is 1. The number of nitrogens with one attached hydrogen (secondary N) is 1. The van der Waals surface area contributed by atoms with Crippen molar-refractivity contribution in [3.63, 3.8) is 0 Å². The van der Waals surface area contributed by atoms with Gasteiger partial charge in [-0.15, -0.1) is 0 Å². The number of carbonyl (C=O) groups is 1. The van der Waals surface area contributed by atoms with Crippen LogP contribution in [0.25, 0.3) is 0 Å². The standard InChI is InChI=1S/C22H30N4O3/c1-16(2)26(15-18-7-5-4-6-8-18)20(27)10-9-19-17(3)23-22(24-21(19)28)25-11-13-29-14-12-25/h4-8,16H,9-15H2,1-3H3,(H,23,24,28). The SMILES string of the molecule is Cc1nc(N2CCOCC2)[nH]c(=O)c1CCC(=O)N(Cc1ccccc1)C(C)C. The molecule has 7 nitrogen and oxygen atoms in total. The largest absolute Gasteiger partial charge is 0.378 e. The van der Waals surface area contributed by atoms with E-state index in [1.165, 1.54) is 0 Å². The van der Waals surface area contributed by atoms with Crippen molar-refractivity contribution in [2.45, 2.75) is 46.2 Å². The number of aromatic nitrogens is 2. The zero-order chi connectivity index (χ0) is 20.8. The van der Waals surface area contributed by atoms with E-state index in [9.17, 15) is 9.59 Å². The van der Waals surface area contributed by atoms with Crippen LogP contribution in [0.3, 0.4) is 0 Å². The summed E-state index contributed by atoms with van der Waals surface area (Å²) in [6, 6.07) is 10.0. The Hall–Kier alpha value is -2.67. The third-order valence-corrected chi connectivity index (χ3v) is 5.25. The van der Waals surface area contributed by atoms with Crippen LogP contribution in [0.4, 0.5) is 5.95 Å². The second kappa shape index (κ2) is 9.69. The van der Waals surface area contributed by atoms with Crippen LogP contribution < -0.4 is 10.5 Å². The molecule has 0 bridgehead atoms. The number of hydrogen-bond acceptors (Lipinski definition) is 5. The van der Waals surface area contributed by atoms with Crippen LogP contribution in [0.5, 0.6) is 0 Å². The monoisotopic (exact) mass is 398 g/mol. The topological polar surface area (TPSA) is 78.5 Å². The zero-order valence-electron chi connectivity index (χ0n) is 17.5. The number of morpholine rings is 1. The Morgan fingerprint density at radius 2 is 1.93 bits per heavy atom. The van der Waals surface area contributed by atoms with Crippen LogP contribution in [-0.2, 0) is 22.5 Å². The number of anilines is 1. The Bertz CT molecular complexity index is 873. The Labute approximate surface area is 171 Å². The number of nitrogens with zero attached hydrogens (tertiary/aromatic N) is 3. The van der Waals surface area contributed by atoms with Gasteiger partial charge in [0.15, 0.2) is 0 Å². The molecule has 1 fully saturated rings. The van der Waals surface area contributed by atoms with Gasteiger partial charge in [-0.3, -0.25) is 14.6 Å². The van der Waals surface area contributed by atoms with Crippen LogP contribution in [0.1, 0.15) is 37.1 Å². The fourth-order valence-corrected chi connectivity index (χ4v) is 3.53. The van der Waals surface area contributed by atoms with Crippen molar-refractivity contribution in [3.05, 3.63) is 57.5 Å². The molecule has 0 saturated carbocycles. The van der Waals surface area contributed by atoms with Gasteiger partial charge in [0.25, 0.3) is 5.56 Å². The van der Waals surface area contributed by atoms with Crippen molar-refractivity contribution >= 4 is 11.9 Å². The van der Waals surface area contributed by atoms with Crippen LogP contribution in [0, 0.1) is 6.92 Å². The molecule has 0 radical (unpaired) electrons. The molecule has 2 heterocycles. The molecule has 7 heteroatoms. The summed E-state index contributed by atoms with van der Waals surface area (Å²) in [5.74, 6) is 0.624. The average Bonchev–Trinajstić information content (AvgIpc) is 2.72. The van der Waals surface area contributed by atoms with Crippen LogP contribution >= 0.6 is 0 Å². The molecule has 29 heavy (non-hydrogen) atoms. The number of carbonyl (C=O) groups excluding carboxylic acids is 1. The third-order valence-electron chi connectivity index (χ3n) is 5.25. The molecule has 1 aromatic carbocycles. The van der Waals surface area contributed by atoms with E-state index in [1.54, 1.807) is 0 Å². The molecule has 156 valence electrons. The maximum atomic E-state index is 12.9. The molecule has 1 aliphatic heterocycles. The zero-order valence-corrected chi connectivity index (χ0v) is 17.5. The van der Waals surface area contributed by atoms with Gasteiger partial charge in [-0.1, -0.05) is 30.3 Å². The molecular formula is C22H30N4O3. The minimum absolute atomic E-state index is 0.0416. The number of aromatic amines is 1. The smallest absolute Gasteiger partial charge is 0.255 e. The highest BCUT2D eigenvalue weighted by Crippen LogP contribution is 2.14. The molecule has 0 aliphatic carbocycles. The maximum absolute atomic E-state index is 12.9. The van der Waals surface area contributed by atoms with E-state index in [0.29, 0.717) is 56.5 Å². The summed E-state index contributed by atoms with van der Waals surface area (Å²) in [5.41, 5.74) is 2.20.